The van der Waals surface area contributed by atoms with Gasteiger partial charge in [0.25, 0.3) is 5.91 Å². The number of ether oxygens (including phenoxy) is 2. The number of rotatable bonds is 6. The molecule has 3 aromatic rings. The van der Waals surface area contributed by atoms with Crippen LogP contribution in [0, 0.1) is 22.5 Å². The zero-order valence-corrected chi connectivity index (χ0v) is 28.6. The maximum absolute atomic E-state index is 14.2. The van der Waals surface area contributed by atoms with Crippen molar-refractivity contribution in [2.24, 2.45) is 0 Å². The fourth-order valence-corrected chi connectivity index (χ4v) is 6.20. The van der Waals surface area contributed by atoms with Gasteiger partial charge in [-0.15, -0.1) is 0 Å². The SMILES string of the molecule is CC.CC(C)(C)OC(=O)N1CCC2(CC1)Cn1cc(C(=N)SC(=N)Cc3ccc(F)cc3F)c(=O)c(OCc3ccccc3)c1C(=O)N2. The van der Waals surface area contributed by atoms with Gasteiger partial charge in [-0.3, -0.25) is 20.4 Å². The number of carbonyl (C=O) groups is 2. The number of benzene rings is 2. The predicted molar refractivity (Wildman–Crippen MR) is 182 cm³/mol. The third-order valence-electron chi connectivity index (χ3n) is 7.74. The number of nitrogens with one attached hydrogen (secondary N) is 3. The molecule has 1 fully saturated rings. The molecular formula is C35H41F2N5O5S. The molecule has 13 heteroatoms. The van der Waals surface area contributed by atoms with Crippen LogP contribution in [-0.4, -0.2) is 55.8 Å². The number of pyridine rings is 1. The highest BCUT2D eigenvalue weighted by molar-refractivity contribution is 8.26. The van der Waals surface area contributed by atoms with Crippen molar-refractivity contribution in [1.82, 2.24) is 14.8 Å². The second-order valence-corrected chi connectivity index (χ2v) is 13.5. The molecule has 2 aromatic carbocycles. The highest BCUT2D eigenvalue weighted by Crippen LogP contribution is 2.32. The Hall–Kier alpha value is -4.52. The van der Waals surface area contributed by atoms with Crippen molar-refractivity contribution in [3.63, 3.8) is 0 Å². The lowest BCUT2D eigenvalue weighted by Gasteiger charge is -2.45. The molecule has 0 atom stereocenters. The summed E-state index contributed by atoms with van der Waals surface area (Å²) in [5.74, 6) is -2.28. The topological polar surface area (TPSA) is 138 Å². The standard InChI is InChI=1S/C33H35F2N5O5S.C2H6/c1-32(2,3)45-31(43)39-13-11-33(12-14-39)19-40-17-23(29(37)46-25(36)15-21-9-10-22(34)16-24(21)35)27(41)28(26(40)30(42)38-33)44-18-20-7-5-4-6-8-20;1-2/h4-10,16-17,36-37H,11-15,18-19H2,1-3H3,(H,38,42);1-2H3. The average molecular weight is 682 g/mol. The second-order valence-electron chi connectivity index (χ2n) is 12.4. The summed E-state index contributed by atoms with van der Waals surface area (Å²) in [4.78, 5) is 41.7. The van der Waals surface area contributed by atoms with Crippen LogP contribution in [0.1, 0.15) is 74.6 Å². The quantitative estimate of drug-likeness (QED) is 0.200. The van der Waals surface area contributed by atoms with Crippen molar-refractivity contribution in [1.29, 1.82) is 10.8 Å². The lowest BCUT2D eigenvalue weighted by Crippen LogP contribution is -2.61. The number of hydrogen-bond donors (Lipinski definition) is 3. The number of piperidine rings is 1. The molecule has 2 aliphatic rings. The fourth-order valence-electron chi connectivity index (χ4n) is 5.47. The third-order valence-corrected chi connectivity index (χ3v) is 8.55. The van der Waals surface area contributed by atoms with Gasteiger partial charge < -0.3 is 24.3 Å². The number of amides is 2. The molecule has 5 rings (SSSR count). The Bertz CT molecular complexity index is 1750. The minimum absolute atomic E-state index is 0.00402. The monoisotopic (exact) mass is 681 g/mol. The van der Waals surface area contributed by atoms with Gasteiger partial charge >= 0.3 is 6.09 Å². The van der Waals surface area contributed by atoms with E-state index < -0.39 is 40.2 Å². The highest BCUT2D eigenvalue weighted by Gasteiger charge is 2.43. The maximum atomic E-state index is 14.2. The van der Waals surface area contributed by atoms with Gasteiger partial charge in [0.2, 0.25) is 5.43 Å². The summed E-state index contributed by atoms with van der Waals surface area (Å²) >= 11 is 0.663. The normalized spacial score (nSPS) is 15.1. The molecule has 48 heavy (non-hydrogen) atoms. The summed E-state index contributed by atoms with van der Waals surface area (Å²) in [6.45, 7) is 10.3. The van der Waals surface area contributed by atoms with Crippen LogP contribution in [0.3, 0.4) is 0 Å². The Kier molecular flexibility index (Phi) is 11.5. The van der Waals surface area contributed by atoms with E-state index in [1.165, 1.54) is 12.3 Å². The second kappa shape index (κ2) is 15.1. The summed E-state index contributed by atoms with van der Waals surface area (Å²) in [7, 11) is 0. The summed E-state index contributed by atoms with van der Waals surface area (Å²) in [6, 6.07) is 12.2. The van der Waals surface area contributed by atoms with Crippen molar-refractivity contribution < 1.29 is 27.8 Å². The van der Waals surface area contributed by atoms with Gasteiger partial charge in [-0.1, -0.05) is 62.0 Å². The Balaban J connectivity index is 0.00000255. The Morgan fingerprint density at radius 2 is 1.71 bits per heavy atom. The van der Waals surface area contributed by atoms with Crippen LogP contribution in [0.2, 0.25) is 0 Å². The van der Waals surface area contributed by atoms with Crippen molar-refractivity contribution in [2.45, 2.75) is 78.2 Å². The van der Waals surface area contributed by atoms with Gasteiger partial charge in [0, 0.05) is 38.3 Å². The minimum Gasteiger partial charge on any atom is -0.483 e. The molecule has 0 unspecified atom stereocenters. The molecule has 1 spiro atoms. The molecule has 0 bridgehead atoms. The average Bonchev–Trinajstić information content (AvgIpc) is 3.03. The van der Waals surface area contributed by atoms with Gasteiger partial charge in [0.05, 0.1) is 16.1 Å². The number of aromatic nitrogens is 1. The maximum Gasteiger partial charge on any atom is 0.410 e. The van der Waals surface area contributed by atoms with Crippen LogP contribution in [-0.2, 0) is 24.3 Å². The van der Waals surface area contributed by atoms with Gasteiger partial charge in [0.1, 0.15) is 28.9 Å². The largest absolute Gasteiger partial charge is 0.483 e. The van der Waals surface area contributed by atoms with Crippen LogP contribution >= 0.6 is 11.8 Å². The molecule has 10 nitrogen and oxygen atoms in total. The Labute approximate surface area is 282 Å². The fraction of sp³-hybridized carbons (Fsp3) is 0.400. The first-order chi connectivity index (χ1) is 22.7. The molecule has 2 aliphatic heterocycles. The minimum atomic E-state index is -0.809. The van der Waals surface area contributed by atoms with E-state index in [1.54, 1.807) is 30.2 Å². The van der Waals surface area contributed by atoms with Gasteiger partial charge in [-0.2, -0.15) is 0 Å². The number of likely N-dealkylation sites (tertiary alicyclic amines) is 1. The van der Waals surface area contributed by atoms with Gasteiger partial charge in [-0.05, 0) is 50.8 Å². The van der Waals surface area contributed by atoms with Gasteiger partial charge in [-0.25, -0.2) is 13.6 Å². The van der Waals surface area contributed by atoms with Gasteiger partial charge in [0.15, 0.2) is 11.4 Å². The molecule has 256 valence electrons. The molecule has 0 aliphatic carbocycles. The van der Waals surface area contributed by atoms with Crippen molar-refractivity contribution in [3.8, 4) is 5.75 Å². The molecular weight excluding hydrogens is 640 g/mol. The predicted octanol–water partition coefficient (Wildman–Crippen LogP) is 6.52. The molecule has 0 saturated carbocycles. The zero-order chi connectivity index (χ0) is 35.2. The number of halogens is 2. The molecule has 1 aromatic heterocycles. The third kappa shape index (κ3) is 8.68. The summed E-state index contributed by atoms with van der Waals surface area (Å²) in [5, 5.41) is 19.8. The van der Waals surface area contributed by atoms with E-state index in [4.69, 9.17) is 20.3 Å². The highest BCUT2D eigenvalue weighted by atomic mass is 32.2. The first-order valence-electron chi connectivity index (χ1n) is 15.8. The Morgan fingerprint density at radius 1 is 1.04 bits per heavy atom. The lowest BCUT2D eigenvalue weighted by atomic mass is 9.85. The van der Waals surface area contributed by atoms with Crippen LogP contribution < -0.4 is 15.5 Å². The summed E-state index contributed by atoms with van der Waals surface area (Å²) in [5.41, 5.74) is -1.28. The van der Waals surface area contributed by atoms with Crippen molar-refractivity contribution in [2.75, 3.05) is 13.1 Å². The summed E-state index contributed by atoms with van der Waals surface area (Å²) in [6.07, 6.45) is 1.65. The molecule has 1 saturated heterocycles. The molecule has 3 heterocycles. The van der Waals surface area contributed by atoms with Crippen LogP contribution in [0.25, 0.3) is 0 Å². The van der Waals surface area contributed by atoms with E-state index in [9.17, 15) is 23.2 Å². The van der Waals surface area contributed by atoms with E-state index in [0.717, 1.165) is 17.7 Å². The number of thioether (sulfide) groups is 1. The first-order valence-corrected chi connectivity index (χ1v) is 16.6. The Morgan fingerprint density at radius 3 is 2.33 bits per heavy atom. The van der Waals surface area contributed by atoms with Crippen molar-refractivity contribution >= 4 is 33.8 Å². The number of nitrogens with zero attached hydrogens (tertiary/aromatic N) is 2. The van der Waals surface area contributed by atoms with E-state index in [1.807, 2.05) is 44.2 Å². The van der Waals surface area contributed by atoms with Crippen molar-refractivity contribution in [3.05, 3.63) is 99.0 Å². The lowest BCUT2D eigenvalue weighted by molar-refractivity contribution is 0.0127. The molecule has 3 N–H and O–H groups in total. The number of hydrogen-bond acceptors (Lipinski definition) is 8. The van der Waals surface area contributed by atoms with Crippen LogP contribution in [0.4, 0.5) is 13.6 Å². The zero-order valence-electron chi connectivity index (χ0n) is 27.7. The van der Waals surface area contributed by atoms with E-state index >= 15 is 0 Å². The van der Waals surface area contributed by atoms with E-state index in [2.05, 4.69) is 5.32 Å². The van der Waals surface area contributed by atoms with Crippen LogP contribution in [0.5, 0.6) is 5.75 Å². The number of fused-ring (bicyclic) bond motifs is 1. The first kappa shape index (κ1) is 36.3. The van der Waals surface area contributed by atoms with E-state index in [0.29, 0.717) is 37.7 Å². The van der Waals surface area contributed by atoms with Crippen LogP contribution in [0.15, 0.2) is 59.5 Å². The molecule has 0 radical (unpaired) electrons. The number of carbonyl (C=O) groups excluding carboxylic acids is 2. The smallest absolute Gasteiger partial charge is 0.410 e. The summed E-state index contributed by atoms with van der Waals surface area (Å²) < 4.78 is 40.7. The van der Waals surface area contributed by atoms with E-state index in [-0.39, 0.29) is 52.2 Å². The molecule has 2 amide bonds.